The van der Waals surface area contributed by atoms with Crippen molar-refractivity contribution in [3.8, 4) is 0 Å². The molecule has 0 aliphatic carbocycles. The number of amides is 1. The number of benzene rings is 1. The van der Waals surface area contributed by atoms with E-state index in [2.05, 4.69) is 21.7 Å². The lowest BCUT2D eigenvalue weighted by molar-refractivity contribution is -0.140. The molecule has 2 aliphatic heterocycles. The molecule has 7 nitrogen and oxygen atoms in total. The number of likely N-dealkylation sites (tertiary alicyclic amines) is 1. The molecule has 1 aromatic carbocycles. The van der Waals surface area contributed by atoms with Crippen molar-refractivity contribution in [3.05, 3.63) is 59.3 Å². The van der Waals surface area contributed by atoms with Crippen LogP contribution >= 0.6 is 0 Å². The van der Waals surface area contributed by atoms with E-state index in [1.54, 1.807) is 35.2 Å². The van der Waals surface area contributed by atoms with Gasteiger partial charge in [0.1, 0.15) is 5.82 Å². The number of carboxylic acid groups (broad SMARTS) is 1. The first-order chi connectivity index (χ1) is 16.8. The summed E-state index contributed by atoms with van der Waals surface area (Å²) in [5.41, 5.74) is 2.77. The first kappa shape index (κ1) is 25.0. The van der Waals surface area contributed by atoms with Gasteiger partial charge in [0.2, 0.25) is 5.91 Å². The highest BCUT2D eigenvalue weighted by molar-refractivity contribution is 5.80. The van der Waals surface area contributed by atoms with Crippen LogP contribution in [0.3, 0.4) is 0 Å². The average molecular weight is 487 g/mol. The molecule has 2 atom stereocenters. The molecule has 35 heavy (non-hydrogen) atoms. The number of fused-ring (bicyclic) bond motifs is 1. The predicted molar refractivity (Wildman–Crippen MR) is 128 cm³/mol. The van der Waals surface area contributed by atoms with Crippen LogP contribution in [0.2, 0.25) is 0 Å². The van der Waals surface area contributed by atoms with Crippen LogP contribution in [0, 0.1) is 5.92 Å². The number of rotatable bonds is 9. The molecular weight excluding hydrogens is 454 g/mol. The molecule has 1 amide bonds. The van der Waals surface area contributed by atoms with Gasteiger partial charge < -0.3 is 15.7 Å². The third-order valence-electron chi connectivity index (χ3n) is 6.61. The highest BCUT2D eigenvalue weighted by Crippen LogP contribution is 2.31. The molecule has 0 spiro atoms. The van der Waals surface area contributed by atoms with Gasteiger partial charge in [-0.15, -0.1) is 0 Å². The normalized spacial score (nSPS) is 20.3. The molecule has 3 N–H and O–H groups in total. The number of alkyl halides is 2. The summed E-state index contributed by atoms with van der Waals surface area (Å²) in [6.07, 6.45) is 2.57. The van der Waals surface area contributed by atoms with Gasteiger partial charge in [-0.1, -0.05) is 36.4 Å². The fourth-order valence-corrected chi connectivity index (χ4v) is 4.93. The van der Waals surface area contributed by atoms with Gasteiger partial charge in [-0.05, 0) is 49.4 Å². The number of aliphatic carboxylic acids is 1. The molecule has 0 saturated carbocycles. The number of anilines is 1. The van der Waals surface area contributed by atoms with Gasteiger partial charge in [-0.2, -0.15) is 0 Å². The zero-order valence-corrected chi connectivity index (χ0v) is 19.7. The fourth-order valence-electron chi connectivity index (χ4n) is 4.93. The second-order valence-electron chi connectivity index (χ2n) is 9.51. The lowest BCUT2D eigenvalue weighted by Crippen LogP contribution is -2.52. The van der Waals surface area contributed by atoms with Gasteiger partial charge in [0.25, 0.3) is 5.92 Å². The molecule has 4 rings (SSSR count). The minimum atomic E-state index is -2.98. The van der Waals surface area contributed by atoms with Crippen molar-refractivity contribution < 1.29 is 23.5 Å². The Morgan fingerprint density at radius 1 is 1.23 bits per heavy atom. The smallest absolute Gasteiger partial charge is 0.305 e. The molecule has 0 bridgehead atoms. The number of hydrogen-bond acceptors (Lipinski definition) is 5. The van der Waals surface area contributed by atoms with Crippen molar-refractivity contribution in [1.29, 1.82) is 0 Å². The number of nitrogens with one attached hydrogen (secondary N) is 2. The summed E-state index contributed by atoms with van der Waals surface area (Å²) in [5, 5.41) is 15.3. The third kappa shape index (κ3) is 6.97. The molecule has 1 aromatic heterocycles. The number of carbonyl (C=O) groups is 2. The minimum Gasteiger partial charge on any atom is -0.481 e. The van der Waals surface area contributed by atoms with Crippen molar-refractivity contribution in [2.75, 3.05) is 31.5 Å². The summed E-state index contributed by atoms with van der Waals surface area (Å²) in [5.74, 6) is -4.58. The van der Waals surface area contributed by atoms with E-state index in [0.29, 0.717) is 24.9 Å². The quantitative estimate of drug-likeness (QED) is 0.501. The van der Waals surface area contributed by atoms with Crippen molar-refractivity contribution >= 4 is 17.7 Å². The molecule has 3 heterocycles. The van der Waals surface area contributed by atoms with Crippen molar-refractivity contribution in [1.82, 2.24) is 15.2 Å². The maximum Gasteiger partial charge on any atom is 0.305 e. The Hall–Kier alpha value is -3.07. The van der Waals surface area contributed by atoms with Crippen molar-refractivity contribution in [2.45, 2.75) is 50.5 Å². The summed E-state index contributed by atoms with van der Waals surface area (Å²) in [4.78, 5) is 30.6. The topological polar surface area (TPSA) is 94.6 Å². The summed E-state index contributed by atoms with van der Waals surface area (Å²) in [7, 11) is 0. The number of halogens is 2. The summed E-state index contributed by atoms with van der Waals surface area (Å²) in [6, 6.07) is 12.0. The van der Waals surface area contributed by atoms with Gasteiger partial charge in [0, 0.05) is 25.2 Å². The summed E-state index contributed by atoms with van der Waals surface area (Å²) >= 11 is 0. The Balaban J connectivity index is 1.35. The lowest BCUT2D eigenvalue weighted by atomic mass is 9.93. The van der Waals surface area contributed by atoms with Gasteiger partial charge in [0.05, 0.1) is 24.9 Å². The first-order valence-corrected chi connectivity index (χ1v) is 12.2. The minimum absolute atomic E-state index is 0.217. The van der Waals surface area contributed by atoms with Crippen LogP contribution in [-0.4, -0.2) is 59.0 Å². The molecule has 188 valence electrons. The van der Waals surface area contributed by atoms with Gasteiger partial charge in [0.15, 0.2) is 0 Å². The number of pyridine rings is 1. The number of nitrogens with zero attached hydrogens (tertiary/aromatic N) is 2. The molecule has 1 fully saturated rings. The molecule has 0 radical (unpaired) electrons. The van der Waals surface area contributed by atoms with Crippen LogP contribution < -0.4 is 10.6 Å². The standard InChI is InChI=1S/C26H32F2N4O3/c27-26(28)15-20(25(35)31-22(14-23(33)34)18-6-2-1-3-7-18)16-32(17-26)13-5-9-21-11-10-19-8-4-12-29-24(19)30-21/h1-3,6-7,10-11,20,22H,4-5,8-9,12-17H2,(H,29,30)(H,31,35)(H,33,34). The maximum absolute atomic E-state index is 14.5. The Labute approximate surface area is 203 Å². The molecule has 1 saturated heterocycles. The van der Waals surface area contributed by atoms with Crippen LogP contribution in [0.1, 0.15) is 48.5 Å². The largest absolute Gasteiger partial charge is 0.481 e. The monoisotopic (exact) mass is 486 g/mol. The van der Waals surface area contributed by atoms with E-state index in [4.69, 9.17) is 0 Å². The van der Waals surface area contributed by atoms with E-state index < -0.39 is 36.2 Å². The maximum atomic E-state index is 14.5. The van der Waals surface area contributed by atoms with Gasteiger partial charge in [-0.3, -0.25) is 14.5 Å². The zero-order chi connectivity index (χ0) is 24.8. The molecule has 9 heteroatoms. The molecular formula is C26H32F2N4O3. The van der Waals surface area contributed by atoms with Crippen molar-refractivity contribution in [3.63, 3.8) is 0 Å². The van der Waals surface area contributed by atoms with E-state index in [-0.39, 0.29) is 19.5 Å². The predicted octanol–water partition coefficient (Wildman–Crippen LogP) is 3.66. The lowest BCUT2D eigenvalue weighted by Gasteiger charge is -2.37. The van der Waals surface area contributed by atoms with Crippen LogP contribution in [0.25, 0.3) is 0 Å². The fraction of sp³-hybridized carbons (Fsp3) is 0.500. The highest BCUT2D eigenvalue weighted by Gasteiger charge is 2.43. The van der Waals surface area contributed by atoms with Crippen LogP contribution in [0.4, 0.5) is 14.6 Å². The third-order valence-corrected chi connectivity index (χ3v) is 6.61. The molecule has 2 aliphatic rings. The van der Waals surface area contributed by atoms with Crippen LogP contribution in [0.5, 0.6) is 0 Å². The number of carbonyl (C=O) groups excluding carboxylic acids is 1. The Bertz CT molecular complexity index is 1030. The highest BCUT2D eigenvalue weighted by atomic mass is 19.3. The first-order valence-electron chi connectivity index (χ1n) is 12.2. The SMILES string of the molecule is O=C(O)CC(NC(=O)C1CN(CCCc2ccc3c(n2)NCCC3)CC(F)(F)C1)c1ccccc1. The van der Waals surface area contributed by atoms with Gasteiger partial charge >= 0.3 is 5.97 Å². The Morgan fingerprint density at radius 3 is 2.80 bits per heavy atom. The number of carboxylic acids is 1. The molecule has 2 unspecified atom stereocenters. The number of hydrogen-bond donors (Lipinski definition) is 3. The van der Waals surface area contributed by atoms with E-state index in [1.165, 1.54) is 5.56 Å². The van der Waals surface area contributed by atoms with Crippen LogP contribution in [0.15, 0.2) is 42.5 Å². The number of piperidine rings is 1. The summed E-state index contributed by atoms with van der Waals surface area (Å²) in [6.45, 7) is 1.18. The Kier molecular flexibility index (Phi) is 7.95. The zero-order valence-electron chi connectivity index (χ0n) is 19.7. The van der Waals surface area contributed by atoms with E-state index in [1.807, 2.05) is 6.07 Å². The number of aromatic nitrogens is 1. The van der Waals surface area contributed by atoms with E-state index in [0.717, 1.165) is 30.9 Å². The van der Waals surface area contributed by atoms with Gasteiger partial charge in [-0.25, -0.2) is 13.8 Å². The molecule has 2 aromatic rings. The average Bonchev–Trinajstić information content (AvgIpc) is 2.83. The van der Waals surface area contributed by atoms with E-state index in [9.17, 15) is 23.5 Å². The van der Waals surface area contributed by atoms with Crippen molar-refractivity contribution in [2.24, 2.45) is 5.92 Å². The second-order valence-corrected chi connectivity index (χ2v) is 9.51. The van der Waals surface area contributed by atoms with Crippen LogP contribution in [-0.2, 0) is 22.4 Å². The Morgan fingerprint density at radius 2 is 2.03 bits per heavy atom. The number of aryl methyl sites for hydroxylation is 2. The second kappa shape index (κ2) is 11.1. The van der Waals surface area contributed by atoms with E-state index >= 15 is 0 Å². The summed E-state index contributed by atoms with van der Waals surface area (Å²) < 4.78 is 29.1.